The van der Waals surface area contributed by atoms with Crippen LogP contribution in [0.25, 0.3) is 0 Å². The Hall–Kier alpha value is -1.02. The first-order valence-electron chi connectivity index (χ1n) is 7.38. The van der Waals surface area contributed by atoms with E-state index in [1.807, 2.05) is 12.1 Å². The fourth-order valence-electron chi connectivity index (χ4n) is 3.52. The van der Waals surface area contributed by atoms with E-state index in [1.165, 1.54) is 49.7 Å². The van der Waals surface area contributed by atoms with Gasteiger partial charge < -0.3 is 10.4 Å². The van der Waals surface area contributed by atoms with Gasteiger partial charge in [-0.2, -0.15) is 0 Å². The molecule has 2 heteroatoms. The average molecular weight is 245 g/mol. The molecule has 1 unspecified atom stereocenters. The second-order valence-electron chi connectivity index (χ2n) is 5.89. The second kappa shape index (κ2) is 5.31. The fraction of sp³-hybridized carbons (Fsp3) is 0.625. The summed E-state index contributed by atoms with van der Waals surface area (Å²) in [5.74, 6) is 1.29. The quantitative estimate of drug-likeness (QED) is 0.853. The third-order valence-corrected chi connectivity index (χ3v) is 4.57. The molecule has 98 valence electrons. The van der Waals surface area contributed by atoms with Crippen molar-refractivity contribution in [2.75, 3.05) is 6.54 Å². The lowest BCUT2D eigenvalue weighted by Gasteiger charge is -2.27. The lowest BCUT2D eigenvalue weighted by molar-refractivity contribution is 0.401. The summed E-state index contributed by atoms with van der Waals surface area (Å²) < 4.78 is 0. The van der Waals surface area contributed by atoms with Gasteiger partial charge >= 0.3 is 0 Å². The topological polar surface area (TPSA) is 32.3 Å². The molecule has 0 bridgehead atoms. The first kappa shape index (κ1) is 12.0. The van der Waals surface area contributed by atoms with Crippen molar-refractivity contribution in [3.05, 3.63) is 29.3 Å². The van der Waals surface area contributed by atoms with Crippen molar-refractivity contribution < 1.29 is 5.11 Å². The largest absolute Gasteiger partial charge is 0.508 e. The van der Waals surface area contributed by atoms with E-state index in [1.54, 1.807) is 0 Å². The average Bonchev–Trinajstić information content (AvgIpc) is 2.89. The number of hydrogen-bond donors (Lipinski definition) is 2. The van der Waals surface area contributed by atoms with Crippen LogP contribution in [-0.2, 0) is 6.42 Å². The van der Waals surface area contributed by atoms with Gasteiger partial charge in [-0.3, -0.25) is 0 Å². The van der Waals surface area contributed by atoms with Crippen LogP contribution in [0.3, 0.4) is 0 Å². The number of phenolic OH excluding ortho intramolecular Hbond substituents is 1. The Morgan fingerprint density at radius 3 is 2.78 bits per heavy atom. The van der Waals surface area contributed by atoms with Crippen LogP contribution in [0.15, 0.2) is 18.2 Å². The van der Waals surface area contributed by atoms with Crippen LogP contribution >= 0.6 is 0 Å². The van der Waals surface area contributed by atoms with E-state index in [9.17, 15) is 5.11 Å². The SMILES string of the molecule is Oc1ccc2c(c1)C(NCC1CCCC1)CCC2. The molecule has 2 N–H and O–H groups in total. The summed E-state index contributed by atoms with van der Waals surface area (Å²) >= 11 is 0. The van der Waals surface area contributed by atoms with Crippen LogP contribution in [0.2, 0.25) is 0 Å². The van der Waals surface area contributed by atoms with Crippen molar-refractivity contribution in [3.63, 3.8) is 0 Å². The Bertz CT molecular complexity index is 410. The van der Waals surface area contributed by atoms with E-state index >= 15 is 0 Å². The molecule has 0 radical (unpaired) electrons. The van der Waals surface area contributed by atoms with Crippen molar-refractivity contribution in [3.8, 4) is 5.75 Å². The highest BCUT2D eigenvalue weighted by molar-refractivity contribution is 5.38. The fourth-order valence-corrected chi connectivity index (χ4v) is 3.52. The number of nitrogens with one attached hydrogen (secondary N) is 1. The van der Waals surface area contributed by atoms with Gasteiger partial charge in [0.05, 0.1) is 0 Å². The Morgan fingerprint density at radius 1 is 1.11 bits per heavy atom. The lowest BCUT2D eigenvalue weighted by atomic mass is 9.87. The van der Waals surface area contributed by atoms with Gasteiger partial charge in [-0.05, 0) is 67.8 Å². The Labute approximate surface area is 109 Å². The summed E-state index contributed by atoms with van der Waals surface area (Å²) in [5, 5.41) is 13.4. The van der Waals surface area contributed by atoms with Gasteiger partial charge in [0, 0.05) is 6.04 Å². The number of rotatable bonds is 3. The van der Waals surface area contributed by atoms with Gasteiger partial charge in [0.1, 0.15) is 5.75 Å². The number of phenols is 1. The van der Waals surface area contributed by atoms with Crippen molar-refractivity contribution in [2.45, 2.75) is 51.0 Å². The summed E-state index contributed by atoms with van der Waals surface area (Å²) in [5.41, 5.74) is 2.75. The van der Waals surface area contributed by atoms with Gasteiger partial charge in [-0.1, -0.05) is 18.9 Å². The third-order valence-electron chi connectivity index (χ3n) is 4.57. The normalized spacial score (nSPS) is 24.1. The predicted molar refractivity (Wildman–Crippen MR) is 73.7 cm³/mol. The van der Waals surface area contributed by atoms with Crippen molar-refractivity contribution in [1.29, 1.82) is 0 Å². The summed E-state index contributed by atoms with van der Waals surface area (Å²) in [6.45, 7) is 1.15. The van der Waals surface area contributed by atoms with Crippen LogP contribution < -0.4 is 5.32 Å². The molecular formula is C16H23NO. The molecule has 0 spiro atoms. The number of fused-ring (bicyclic) bond motifs is 1. The monoisotopic (exact) mass is 245 g/mol. The molecular weight excluding hydrogens is 222 g/mol. The number of aromatic hydroxyl groups is 1. The minimum Gasteiger partial charge on any atom is -0.508 e. The zero-order valence-corrected chi connectivity index (χ0v) is 11.0. The minimum absolute atomic E-state index is 0.406. The van der Waals surface area contributed by atoms with Crippen LogP contribution in [0, 0.1) is 5.92 Å². The van der Waals surface area contributed by atoms with E-state index in [2.05, 4.69) is 11.4 Å². The summed E-state index contributed by atoms with van der Waals surface area (Å²) in [6.07, 6.45) is 9.25. The highest BCUT2D eigenvalue weighted by Crippen LogP contribution is 2.33. The van der Waals surface area contributed by atoms with Gasteiger partial charge in [0.15, 0.2) is 0 Å². The molecule has 1 atom stereocenters. The molecule has 3 rings (SSSR count). The zero-order valence-electron chi connectivity index (χ0n) is 11.0. The molecule has 2 aliphatic rings. The molecule has 18 heavy (non-hydrogen) atoms. The molecule has 0 aromatic heterocycles. The molecule has 1 saturated carbocycles. The van der Waals surface area contributed by atoms with Crippen molar-refractivity contribution in [2.24, 2.45) is 5.92 Å². The summed E-state index contributed by atoms with van der Waals surface area (Å²) in [4.78, 5) is 0. The molecule has 0 amide bonds. The Kier molecular flexibility index (Phi) is 3.55. The Morgan fingerprint density at radius 2 is 1.94 bits per heavy atom. The van der Waals surface area contributed by atoms with Gasteiger partial charge in [-0.25, -0.2) is 0 Å². The van der Waals surface area contributed by atoms with Crippen molar-refractivity contribution in [1.82, 2.24) is 5.32 Å². The highest BCUT2D eigenvalue weighted by Gasteiger charge is 2.22. The van der Waals surface area contributed by atoms with Gasteiger partial charge in [0.2, 0.25) is 0 Å². The minimum atomic E-state index is 0.406. The molecule has 1 aromatic carbocycles. The first-order valence-corrected chi connectivity index (χ1v) is 7.38. The van der Waals surface area contributed by atoms with Crippen molar-refractivity contribution >= 4 is 0 Å². The maximum atomic E-state index is 9.66. The number of hydrogen-bond acceptors (Lipinski definition) is 2. The number of aryl methyl sites for hydroxylation is 1. The summed E-state index contributed by atoms with van der Waals surface area (Å²) in [7, 11) is 0. The standard InChI is InChI=1S/C16H23NO/c18-14-9-8-13-6-3-7-16(15(13)10-14)17-11-12-4-1-2-5-12/h8-10,12,16-18H,1-7,11H2. The molecule has 2 nitrogen and oxygen atoms in total. The van der Waals surface area contributed by atoms with Crippen LogP contribution in [0.5, 0.6) is 5.75 Å². The molecule has 2 aliphatic carbocycles. The van der Waals surface area contributed by atoms with E-state index < -0.39 is 0 Å². The molecule has 1 aromatic rings. The lowest BCUT2D eigenvalue weighted by Crippen LogP contribution is -2.29. The van der Waals surface area contributed by atoms with Crippen LogP contribution in [0.4, 0.5) is 0 Å². The third kappa shape index (κ3) is 2.54. The van der Waals surface area contributed by atoms with E-state index in [4.69, 9.17) is 0 Å². The smallest absolute Gasteiger partial charge is 0.115 e. The predicted octanol–water partition coefficient (Wildman–Crippen LogP) is 3.55. The van der Waals surface area contributed by atoms with Crippen LogP contribution in [0.1, 0.15) is 55.7 Å². The highest BCUT2D eigenvalue weighted by atomic mass is 16.3. The molecule has 1 fully saturated rings. The number of benzene rings is 1. The summed E-state index contributed by atoms with van der Waals surface area (Å²) in [6, 6.07) is 6.33. The first-order chi connectivity index (χ1) is 8.83. The zero-order chi connectivity index (χ0) is 12.4. The molecule has 0 saturated heterocycles. The second-order valence-corrected chi connectivity index (χ2v) is 5.89. The molecule has 0 aliphatic heterocycles. The van der Waals surface area contributed by atoms with Gasteiger partial charge in [-0.15, -0.1) is 0 Å². The maximum absolute atomic E-state index is 9.66. The Balaban J connectivity index is 1.68. The van der Waals surface area contributed by atoms with E-state index in [-0.39, 0.29) is 0 Å². The van der Waals surface area contributed by atoms with Crippen LogP contribution in [-0.4, -0.2) is 11.7 Å². The van der Waals surface area contributed by atoms with E-state index in [0.29, 0.717) is 11.8 Å². The van der Waals surface area contributed by atoms with E-state index in [0.717, 1.165) is 18.9 Å². The van der Waals surface area contributed by atoms with Gasteiger partial charge in [0.25, 0.3) is 0 Å². The maximum Gasteiger partial charge on any atom is 0.115 e. The molecule has 0 heterocycles.